The Hall–Kier alpha value is -4.14. The van der Waals surface area contributed by atoms with E-state index < -0.39 is 10.0 Å². The van der Waals surface area contributed by atoms with Gasteiger partial charge in [0.1, 0.15) is 11.9 Å². The Morgan fingerprint density at radius 1 is 0.941 bits per heavy atom. The summed E-state index contributed by atoms with van der Waals surface area (Å²) in [6, 6.07) is 21.2. The normalized spacial score (nSPS) is 11.7. The first-order valence-corrected chi connectivity index (χ1v) is 12.1. The van der Waals surface area contributed by atoms with Gasteiger partial charge in [0.15, 0.2) is 0 Å². The molecule has 0 aliphatic carbocycles. The minimum Gasteiger partial charge on any atom is -0.263 e. The smallest absolute Gasteiger partial charge is 0.263 e. The van der Waals surface area contributed by atoms with Crippen molar-refractivity contribution in [2.75, 3.05) is 4.72 Å². The number of sulfonamides is 1. The highest BCUT2D eigenvalue weighted by Crippen LogP contribution is 2.28. The number of rotatable bonds is 4. The van der Waals surface area contributed by atoms with Crippen molar-refractivity contribution in [3.05, 3.63) is 82.9 Å². The van der Waals surface area contributed by atoms with Crippen LogP contribution in [0.5, 0.6) is 0 Å². The maximum absolute atomic E-state index is 13.1. The lowest BCUT2D eigenvalue weighted by molar-refractivity contribution is 0.587. The van der Waals surface area contributed by atoms with Crippen LogP contribution in [0.15, 0.2) is 65.6 Å². The van der Waals surface area contributed by atoms with Gasteiger partial charge in [0.25, 0.3) is 10.0 Å². The molecule has 0 atom stereocenters. The number of aryl methyl sites for hydroxylation is 1. The zero-order valence-electron chi connectivity index (χ0n) is 19.3. The number of hydrogen-bond donors (Lipinski definition) is 1. The standard InChI is InChI=1S/C26H23N5O2S/c1-17-11-18(15-27)13-20(12-17)23-14-24-19(16-28)5-10-25(31(24)29-23)30-34(32,33)22-8-6-21(7-9-22)26(2,3)4/h5-14,30H,1-4H3. The van der Waals surface area contributed by atoms with Crippen LogP contribution in [0.3, 0.4) is 0 Å². The fourth-order valence-corrected chi connectivity index (χ4v) is 4.76. The first kappa shape index (κ1) is 23.0. The van der Waals surface area contributed by atoms with Crippen molar-refractivity contribution in [2.24, 2.45) is 0 Å². The first-order valence-electron chi connectivity index (χ1n) is 10.6. The van der Waals surface area contributed by atoms with Crippen molar-refractivity contribution in [3.63, 3.8) is 0 Å². The van der Waals surface area contributed by atoms with Gasteiger partial charge in [-0.3, -0.25) is 4.72 Å². The SMILES string of the molecule is Cc1cc(C#N)cc(-c2cc3c(C#N)ccc(NS(=O)(=O)c4ccc(C(C)(C)C)cc4)n3n2)c1. The Balaban J connectivity index is 1.79. The van der Waals surface area contributed by atoms with Gasteiger partial charge in [0.2, 0.25) is 0 Å². The summed E-state index contributed by atoms with van der Waals surface area (Å²) in [5, 5.41) is 23.4. The predicted octanol–water partition coefficient (Wildman–Crippen LogP) is 5.15. The van der Waals surface area contributed by atoms with E-state index in [1.165, 1.54) is 10.6 Å². The van der Waals surface area contributed by atoms with Gasteiger partial charge in [-0.05, 0) is 72.0 Å². The van der Waals surface area contributed by atoms with Crippen molar-refractivity contribution in [1.29, 1.82) is 10.5 Å². The molecular weight excluding hydrogens is 446 g/mol. The molecule has 0 fully saturated rings. The zero-order chi connectivity index (χ0) is 24.7. The molecule has 0 saturated carbocycles. The van der Waals surface area contributed by atoms with E-state index in [2.05, 4.69) is 42.7 Å². The minimum atomic E-state index is -3.90. The molecule has 34 heavy (non-hydrogen) atoms. The van der Waals surface area contributed by atoms with Gasteiger partial charge in [-0.1, -0.05) is 32.9 Å². The van der Waals surface area contributed by atoms with E-state index in [0.29, 0.717) is 27.9 Å². The van der Waals surface area contributed by atoms with Crippen LogP contribution in [0.2, 0.25) is 0 Å². The molecule has 0 aliphatic heterocycles. The Morgan fingerprint density at radius 2 is 1.65 bits per heavy atom. The Kier molecular flexibility index (Phi) is 5.64. The second-order valence-corrected chi connectivity index (χ2v) is 10.8. The summed E-state index contributed by atoms with van der Waals surface area (Å²) in [6.07, 6.45) is 0. The molecule has 7 nitrogen and oxygen atoms in total. The Bertz CT molecular complexity index is 1600. The van der Waals surface area contributed by atoms with Crippen LogP contribution in [0.25, 0.3) is 16.8 Å². The Labute approximate surface area is 199 Å². The summed E-state index contributed by atoms with van der Waals surface area (Å²) in [5.74, 6) is 0.202. The number of nitrogens with one attached hydrogen (secondary N) is 1. The largest absolute Gasteiger partial charge is 0.263 e. The highest BCUT2D eigenvalue weighted by Gasteiger charge is 2.20. The Morgan fingerprint density at radius 3 is 2.26 bits per heavy atom. The average molecular weight is 470 g/mol. The van der Waals surface area contributed by atoms with Gasteiger partial charge in [-0.2, -0.15) is 15.6 Å². The third kappa shape index (κ3) is 4.36. The molecule has 170 valence electrons. The fraction of sp³-hybridized carbons (Fsp3) is 0.192. The van der Waals surface area contributed by atoms with Gasteiger partial charge < -0.3 is 0 Å². The number of fused-ring (bicyclic) bond motifs is 1. The van der Waals surface area contributed by atoms with Gasteiger partial charge in [0, 0.05) is 5.56 Å². The average Bonchev–Trinajstić information content (AvgIpc) is 3.24. The maximum Gasteiger partial charge on any atom is 0.263 e. The molecule has 8 heteroatoms. The molecule has 0 unspecified atom stereocenters. The van der Waals surface area contributed by atoms with Gasteiger partial charge >= 0.3 is 0 Å². The second kappa shape index (κ2) is 8.33. The molecule has 4 rings (SSSR count). The van der Waals surface area contributed by atoms with Crippen molar-refractivity contribution >= 4 is 21.4 Å². The van der Waals surface area contributed by atoms with Gasteiger partial charge in [-0.15, -0.1) is 0 Å². The van der Waals surface area contributed by atoms with Crippen LogP contribution < -0.4 is 4.72 Å². The number of aromatic nitrogens is 2. The summed E-state index contributed by atoms with van der Waals surface area (Å²) in [5.41, 5.74) is 4.36. The van der Waals surface area contributed by atoms with Gasteiger partial charge in [-0.25, -0.2) is 12.9 Å². The number of anilines is 1. The summed E-state index contributed by atoms with van der Waals surface area (Å²) in [7, 11) is -3.90. The highest BCUT2D eigenvalue weighted by atomic mass is 32.2. The van der Waals surface area contributed by atoms with E-state index in [9.17, 15) is 18.9 Å². The number of benzene rings is 2. The quantitative estimate of drug-likeness (QED) is 0.444. The summed E-state index contributed by atoms with van der Waals surface area (Å²) in [4.78, 5) is 0.128. The molecule has 0 aliphatic rings. The van der Waals surface area contributed by atoms with Crippen molar-refractivity contribution in [1.82, 2.24) is 9.61 Å². The lowest BCUT2D eigenvalue weighted by Gasteiger charge is -2.19. The molecule has 0 bridgehead atoms. The molecule has 0 spiro atoms. The molecule has 0 amide bonds. The second-order valence-electron chi connectivity index (χ2n) is 9.15. The summed E-state index contributed by atoms with van der Waals surface area (Å²) >= 11 is 0. The van der Waals surface area contributed by atoms with E-state index in [4.69, 9.17) is 0 Å². The van der Waals surface area contributed by atoms with Crippen LogP contribution >= 0.6 is 0 Å². The molecule has 2 aromatic heterocycles. The van der Waals surface area contributed by atoms with Crippen LogP contribution in [0, 0.1) is 29.6 Å². The molecule has 0 saturated heterocycles. The lowest BCUT2D eigenvalue weighted by Crippen LogP contribution is -2.17. The van der Waals surface area contributed by atoms with Crippen molar-refractivity contribution < 1.29 is 8.42 Å². The van der Waals surface area contributed by atoms with Crippen molar-refractivity contribution in [2.45, 2.75) is 38.0 Å². The highest BCUT2D eigenvalue weighted by molar-refractivity contribution is 7.92. The lowest BCUT2D eigenvalue weighted by atomic mass is 9.87. The summed E-state index contributed by atoms with van der Waals surface area (Å²) < 4.78 is 30.2. The topological polar surface area (TPSA) is 111 Å². The number of nitrogens with zero attached hydrogens (tertiary/aromatic N) is 4. The van der Waals surface area contributed by atoms with E-state index in [1.54, 1.807) is 48.5 Å². The van der Waals surface area contributed by atoms with Crippen LogP contribution in [-0.4, -0.2) is 18.0 Å². The molecular formula is C26H23N5O2S. The molecule has 0 radical (unpaired) electrons. The van der Waals surface area contributed by atoms with E-state index in [-0.39, 0.29) is 16.1 Å². The molecule has 2 heterocycles. The fourth-order valence-electron chi connectivity index (χ4n) is 3.71. The van der Waals surface area contributed by atoms with Crippen LogP contribution in [-0.2, 0) is 15.4 Å². The third-order valence-corrected chi connectivity index (χ3v) is 6.88. The maximum atomic E-state index is 13.1. The van der Waals surface area contributed by atoms with Crippen LogP contribution in [0.4, 0.5) is 5.82 Å². The number of nitriles is 2. The van der Waals surface area contributed by atoms with E-state index >= 15 is 0 Å². The first-order chi connectivity index (χ1) is 16.0. The molecule has 1 N–H and O–H groups in total. The van der Waals surface area contributed by atoms with Crippen molar-refractivity contribution in [3.8, 4) is 23.4 Å². The molecule has 4 aromatic rings. The number of pyridine rings is 1. The predicted molar refractivity (Wildman–Crippen MR) is 131 cm³/mol. The minimum absolute atomic E-state index is 0.0956. The zero-order valence-corrected chi connectivity index (χ0v) is 20.1. The third-order valence-electron chi connectivity index (χ3n) is 5.51. The summed E-state index contributed by atoms with van der Waals surface area (Å²) in [6.45, 7) is 8.06. The number of hydrogen-bond acceptors (Lipinski definition) is 5. The van der Waals surface area contributed by atoms with E-state index in [0.717, 1.165) is 11.1 Å². The van der Waals surface area contributed by atoms with Gasteiger partial charge in [0.05, 0.1) is 33.3 Å². The monoisotopic (exact) mass is 469 g/mol. The van der Waals surface area contributed by atoms with Crippen LogP contribution in [0.1, 0.15) is 43.0 Å². The molecule has 2 aromatic carbocycles. The van der Waals surface area contributed by atoms with E-state index in [1.807, 2.05) is 13.0 Å².